The minimum absolute atomic E-state index is 0.0867. The molecule has 0 aromatic heterocycles. The molecule has 178 valence electrons. The third-order valence-corrected chi connectivity index (χ3v) is 7.71. The molecule has 0 unspecified atom stereocenters. The second-order valence-electron chi connectivity index (χ2n) is 9.37. The first-order valence-electron chi connectivity index (χ1n) is 11.8. The normalized spacial score (nSPS) is 27.0. The van der Waals surface area contributed by atoms with Gasteiger partial charge in [-0.05, 0) is 42.7 Å². The van der Waals surface area contributed by atoms with Gasteiger partial charge in [-0.15, -0.1) is 0 Å². The van der Waals surface area contributed by atoms with Gasteiger partial charge >= 0.3 is 0 Å². The Morgan fingerprint density at radius 2 is 1.83 bits per heavy atom. The van der Waals surface area contributed by atoms with E-state index in [1.807, 2.05) is 30.3 Å². The standard InChI is InChI=1S/C27H24FN3O4/c28-21-8-3-1-6-18(21)16-35-19-13-11-17(12-14-19)24-23-10-5-15-30(23)27(25(24)31(33)34)20-7-2-4-9-22(20)29-26(27)32/h1-4,6-9,11-14,23-25H,5,10,15-16H2,(H,29,32)/t23-,24-,25-,27+/m1/s1. The maximum Gasteiger partial charge on any atom is 0.256 e. The zero-order valence-electron chi connectivity index (χ0n) is 18.9. The predicted octanol–water partition coefficient (Wildman–Crippen LogP) is 4.46. The molecule has 3 heterocycles. The lowest BCUT2D eigenvalue weighted by Gasteiger charge is -2.32. The highest BCUT2D eigenvalue weighted by atomic mass is 19.1. The van der Waals surface area contributed by atoms with Gasteiger partial charge in [-0.1, -0.05) is 48.5 Å². The summed E-state index contributed by atoms with van der Waals surface area (Å²) in [6.45, 7) is 0.723. The van der Waals surface area contributed by atoms with Gasteiger partial charge in [0, 0.05) is 34.3 Å². The number of amides is 1. The Morgan fingerprint density at radius 1 is 1.09 bits per heavy atom. The number of carbonyl (C=O) groups is 1. The molecule has 4 atom stereocenters. The average Bonchev–Trinajstić information content (AvgIpc) is 3.52. The number of nitrogens with zero attached hydrogens (tertiary/aromatic N) is 2. The third kappa shape index (κ3) is 3.16. The first-order valence-corrected chi connectivity index (χ1v) is 11.8. The highest BCUT2D eigenvalue weighted by Gasteiger charge is 2.73. The van der Waals surface area contributed by atoms with E-state index in [1.165, 1.54) is 6.07 Å². The summed E-state index contributed by atoms with van der Waals surface area (Å²) >= 11 is 0. The van der Waals surface area contributed by atoms with E-state index in [0.29, 0.717) is 29.1 Å². The van der Waals surface area contributed by atoms with Crippen molar-refractivity contribution in [1.82, 2.24) is 4.90 Å². The maximum absolute atomic E-state index is 13.9. The van der Waals surface area contributed by atoms with Crippen molar-refractivity contribution in [1.29, 1.82) is 0 Å². The minimum Gasteiger partial charge on any atom is -0.489 e. The van der Waals surface area contributed by atoms with Gasteiger partial charge in [0.05, 0.1) is 5.92 Å². The number of nitro groups is 1. The number of rotatable bonds is 5. The second kappa shape index (κ2) is 8.16. The molecule has 1 N–H and O–H groups in total. The lowest BCUT2D eigenvalue weighted by molar-refractivity contribution is -0.534. The Morgan fingerprint density at radius 3 is 2.60 bits per heavy atom. The molecule has 3 aliphatic heterocycles. The number of ether oxygens (including phenoxy) is 1. The summed E-state index contributed by atoms with van der Waals surface area (Å²) in [5, 5.41) is 15.5. The predicted molar refractivity (Wildman–Crippen MR) is 127 cm³/mol. The monoisotopic (exact) mass is 473 g/mol. The lowest BCUT2D eigenvalue weighted by Crippen LogP contribution is -2.55. The Balaban J connectivity index is 1.35. The van der Waals surface area contributed by atoms with Crippen LogP contribution in [0, 0.1) is 15.9 Å². The van der Waals surface area contributed by atoms with Crippen molar-refractivity contribution in [2.45, 2.75) is 43.0 Å². The number of fused-ring (bicyclic) bond motifs is 4. The molecule has 1 spiro atoms. The number of para-hydroxylation sites is 1. The highest BCUT2D eigenvalue weighted by Crippen LogP contribution is 2.58. The Labute approximate surface area is 201 Å². The first-order chi connectivity index (χ1) is 17.0. The van der Waals surface area contributed by atoms with Crippen molar-refractivity contribution in [3.63, 3.8) is 0 Å². The SMILES string of the molecule is O=C1Nc2ccccc2[C@]12[C@H]([N+](=O)[O-])[C@H](c1ccc(OCc3ccccc3F)cc1)[C@H]1CCCN12. The number of carbonyl (C=O) groups excluding carboxylic acids is 1. The summed E-state index contributed by atoms with van der Waals surface area (Å²) < 4.78 is 19.7. The molecular weight excluding hydrogens is 449 g/mol. The van der Waals surface area contributed by atoms with Crippen LogP contribution in [0.2, 0.25) is 0 Å². The second-order valence-corrected chi connectivity index (χ2v) is 9.37. The number of benzene rings is 3. The molecule has 2 saturated heterocycles. The number of hydrogen-bond donors (Lipinski definition) is 1. The summed E-state index contributed by atoms with van der Waals surface area (Å²) in [6.07, 6.45) is 1.67. The first kappa shape index (κ1) is 21.7. The molecule has 3 aromatic carbocycles. The van der Waals surface area contributed by atoms with Crippen LogP contribution in [0.3, 0.4) is 0 Å². The highest BCUT2D eigenvalue weighted by molar-refractivity contribution is 6.07. The van der Waals surface area contributed by atoms with Crippen molar-refractivity contribution in [3.8, 4) is 5.75 Å². The van der Waals surface area contributed by atoms with Gasteiger partial charge in [0.15, 0.2) is 5.54 Å². The molecule has 0 saturated carbocycles. The zero-order chi connectivity index (χ0) is 24.2. The van der Waals surface area contributed by atoms with E-state index >= 15 is 0 Å². The van der Waals surface area contributed by atoms with Crippen LogP contribution in [0.25, 0.3) is 0 Å². The topological polar surface area (TPSA) is 84.7 Å². The average molecular weight is 474 g/mol. The molecule has 2 fully saturated rings. The van der Waals surface area contributed by atoms with Gasteiger partial charge in [0.2, 0.25) is 0 Å². The van der Waals surface area contributed by atoms with Crippen LogP contribution in [-0.4, -0.2) is 34.4 Å². The van der Waals surface area contributed by atoms with Gasteiger partial charge < -0.3 is 10.1 Å². The Kier molecular flexibility index (Phi) is 5.07. The van der Waals surface area contributed by atoms with Crippen LogP contribution in [0.5, 0.6) is 5.75 Å². The van der Waals surface area contributed by atoms with Gasteiger partial charge in [0.1, 0.15) is 18.2 Å². The maximum atomic E-state index is 13.9. The Bertz CT molecular complexity index is 1310. The molecule has 0 radical (unpaired) electrons. The van der Waals surface area contributed by atoms with E-state index in [2.05, 4.69) is 10.2 Å². The third-order valence-electron chi connectivity index (χ3n) is 7.71. The van der Waals surface area contributed by atoms with Gasteiger partial charge in [-0.25, -0.2) is 4.39 Å². The Hall–Kier alpha value is -3.78. The van der Waals surface area contributed by atoms with Gasteiger partial charge in [0.25, 0.3) is 11.9 Å². The quantitative estimate of drug-likeness (QED) is 0.437. The van der Waals surface area contributed by atoms with Crippen molar-refractivity contribution in [2.75, 3.05) is 11.9 Å². The van der Waals surface area contributed by atoms with Crippen molar-refractivity contribution in [3.05, 3.63) is 105 Å². The molecule has 0 bridgehead atoms. The van der Waals surface area contributed by atoms with Crippen LogP contribution >= 0.6 is 0 Å². The van der Waals surface area contributed by atoms with Crippen molar-refractivity contribution < 1.29 is 18.8 Å². The number of anilines is 1. The molecule has 8 heteroatoms. The minimum atomic E-state index is -1.33. The fourth-order valence-electron chi connectivity index (χ4n) is 6.34. The molecule has 6 rings (SSSR count). The molecule has 3 aromatic rings. The zero-order valence-corrected chi connectivity index (χ0v) is 18.9. The number of nitrogens with one attached hydrogen (secondary N) is 1. The lowest BCUT2D eigenvalue weighted by atomic mass is 9.77. The van der Waals surface area contributed by atoms with Gasteiger partial charge in [-0.2, -0.15) is 0 Å². The summed E-state index contributed by atoms with van der Waals surface area (Å²) in [6, 6.07) is 19.7. The molecule has 0 aliphatic carbocycles. The number of halogens is 1. The molecule has 1 amide bonds. The van der Waals surface area contributed by atoms with Gasteiger partial charge in [-0.3, -0.25) is 19.8 Å². The fraction of sp³-hybridized carbons (Fsp3) is 0.296. The molecular formula is C27H24FN3O4. The van der Waals surface area contributed by atoms with E-state index in [9.17, 15) is 19.3 Å². The molecule has 35 heavy (non-hydrogen) atoms. The summed E-state index contributed by atoms with van der Waals surface area (Å²) in [5.74, 6) is -0.551. The van der Waals surface area contributed by atoms with Crippen molar-refractivity contribution in [2.24, 2.45) is 0 Å². The molecule has 7 nitrogen and oxygen atoms in total. The summed E-state index contributed by atoms with van der Waals surface area (Å²) in [5.41, 5.74) is 1.26. The van der Waals surface area contributed by atoms with E-state index in [1.54, 1.807) is 36.4 Å². The van der Waals surface area contributed by atoms with Crippen LogP contribution in [0.1, 0.15) is 35.4 Å². The van der Waals surface area contributed by atoms with E-state index in [0.717, 1.165) is 18.4 Å². The van der Waals surface area contributed by atoms with Crippen LogP contribution in [0.15, 0.2) is 72.8 Å². The largest absolute Gasteiger partial charge is 0.489 e. The molecule has 3 aliphatic rings. The van der Waals surface area contributed by atoms with Crippen molar-refractivity contribution >= 4 is 11.6 Å². The number of hydrogen-bond acceptors (Lipinski definition) is 5. The van der Waals surface area contributed by atoms with Crippen LogP contribution in [-0.2, 0) is 16.9 Å². The summed E-state index contributed by atoms with van der Waals surface area (Å²) in [4.78, 5) is 27.9. The van der Waals surface area contributed by atoms with Crippen LogP contribution < -0.4 is 10.1 Å². The smallest absolute Gasteiger partial charge is 0.256 e. The van der Waals surface area contributed by atoms with E-state index in [-0.39, 0.29) is 29.3 Å². The fourth-order valence-corrected chi connectivity index (χ4v) is 6.34. The van der Waals surface area contributed by atoms with E-state index < -0.39 is 17.5 Å². The summed E-state index contributed by atoms with van der Waals surface area (Å²) in [7, 11) is 0. The van der Waals surface area contributed by atoms with Crippen LogP contribution in [0.4, 0.5) is 10.1 Å². The van der Waals surface area contributed by atoms with E-state index in [4.69, 9.17) is 4.74 Å².